The molecule has 5 heteroatoms. The molecule has 118 valence electrons. The summed E-state index contributed by atoms with van der Waals surface area (Å²) in [5.41, 5.74) is 4.28. The molecule has 4 rings (SSSR count). The van der Waals surface area contributed by atoms with Gasteiger partial charge in [0.05, 0.1) is 27.1 Å². The Morgan fingerprint density at radius 2 is 1.54 bits per heavy atom. The topological polar surface area (TPSA) is 44.5 Å². The Balaban J connectivity index is 1.98. The SMILES string of the molecule is Clc1cccc(Cl)c1-c1[nH]c(-c2ccc[nH]2)nc1-c1ccccc1. The van der Waals surface area contributed by atoms with Crippen LogP contribution >= 0.6 is 23.2 Å². The molecule has 2 heterocycles. The number of halogens is 2. The number of H-pyrrole nitrogens is 2. The molecule has 0 bridgehead atoms. The Kier molecular flexibility index (Phi) is 3.89. The van der Waals surface area contributed by atoms with E-state index in [-0.39, 0.29) is 0 Å². The monoisotopic (exact) mass is 353 g/mol. The number of benzene rings is 2. The van der Waals surface area contributed by atoms with Crippen molar-refractivity contribution in [3.8, 4) is 34.0 Å². The summed E-state index contributed by atoms with van der Waals surface area (Å²) < 4.78 is 0. The fourth-order valence-electron chi connectivity index (χ4n) is 2.70. The number of imidazole rings is 1. The summed E-state index contributed by atoms with van der Waals surface area (Å²) in [4.78, 5) is 11.3. The van der Waals surface area contributed by atoms with Crippen molar-refractivity contribution in [3.63, 3.8) is 0 Å². The van der Waals surface area contributed by atoms with E-state index in [9.17, 15) is 0 Å². The van der Waals surface area contributed by atoms with Crippen molar-refractivity contribution >= 4 is 23.2 Å². The highest BCUT2D eigenvalue weighted by Gasteiger charge is 2.19. The first kappa shape index (κ1) is 15.1. The van der Waals surface area contributed by atoms with Crippen LogP contribution in [0.15, 0.2) is 66.9 Å². The molecule has 2 N–H and O–H groups in total. The molecule has 0 radical (unpaired) electrons. The van der Waals surface area contributed by atoms with Crippen molar-refractivity contribution in [2.75, 3.05) is 0 Å². The Morgan fingerprint density at radius 3 is 2.21 bits per heavy atom. The van der Waals surface area contributed by atoms with Gasteiger partial charge in [0.25, 0.3) is 0 Å². The molecule has 0 unspecified atom stereocenters. The van der Waals surface area contributed by atoms with E-state index in [0.29, 0.717) is 10.0 Å². The minimum atomic E-state index is 0.585. The molecule has 2 aromatic carbocycles. The summed E-state index contributed by atoms with van der Waals surface area (Å²) in [6, 6.07) is 19.4. The standard InChI is InChI=1S/C19H13Cl2N3/c20-13-8-4-9-14(21)16(13)18-17(12-6-2-1-3-7-12)23-19(24-18)15-10-5-11-22-15/h1-11,22H,(H,23,24). The van der Waals surface area contributed by atoms with Gasteiger partial charge in [-0.1, -0.05) is 59.6 Å². The fourth-order valence-corrected chi connectivity index (χ4v) is 3.29. The minimum Gasteiger partial charge on any atom is -0.359 e. The third kappa shape index (κ3) is 2.62. The average molecular weight is 354 g/mol. The second kappa shape index (κ2) is 6.19. The van der Waals surface area contributed by atoms with Gasteiger partial charge in [-0.2, -0.15) is 0 Å². The highest BCUT2D eigenvalue weighted by molar-refractivity contribution is 6.39. The molecule has 0 fully saturated rings. The Hall–Kier alpha value is -2.49. The van der Waals surface area contributed by atoms with Gasteiger partial charge in [-0.15, -0.1) is 0 Å². The highest BCUT2D eigenvalue weighted by atomic mass is 35.5. The minimum absolute atomic E-state index is 0.585. The average Bonchev–Trinajstić information content (AvgIpc) is 3.25. The summed E-state index contributed by atoms with van der Waals surface area (Å²) in [6.45, 7) is 0. The lowest BCUT2D eigenvalue weighted by atomic mass is 10.1. The molecule has 0 saturated heterocycles. The van der Waals surface area contributed by atoms with E-state index in [1.54, 1.807) is 0 Å². The van der Waals surface area contributed by atoms with Crippen LogP contribution < -0.4 is 0 Å². The number of aromatic amines is 2. The quantitative estimate of drug-likeness (QED) is 0.462. The number of rotatable bonds is 3. The van der Waals surface area contributed by atoms with Gasteiger partial charge in [-0.05, 0) is 24.3 Å². The van der Waals surface area contributed by atoms with Gasteiger partial charge in [0.15, 0.2) is 5.82 Å². The van der Waals surface area contributed by atoms with Crippen molar-refractivity contribution in [1.29, 1.82) is 0 Å². The van der Waals surface area contributed by atoms with Crippen molar-refractivity contribution in [2.24, 2.45) is 0 Å². The maximum Gasteiger partial charge on any atom is 0.155 e. The zero-order valence-corrected chi connectivity index (χ0v) is 14.1. The van der Waals surface area contributed by atoms with Gasteiger partial charge in [0, 0.05) is 17.3 Å². The lowest BCUT2D eigenvalue weighted by molar-refractivity contribution is 1.26. The summed E-state index contributed by atoms with van der Waals surface area (Å²) in [7, 11) is 0. The fraction of sp³-hybridized carbons (Fsp3) is 0. The van der Waals surface area contributed by atoms with Crippen LogP contribution in [-0.4, -0.2) is 15.0 Å². The second-order valence-corrected chi connectivity index (χ2v) is 6.17. The number of aromatic nitrogens is 3. The van der Waals surface area contributed by atoms with Crippen molar-refractivity contribution in [2.45, 2.75) is 0 Å². The smallest absolute Gasteiger partial charge is 0.155 e. The Bertz CT molecular complexity index is 953. The third-order valence-corrected chi connectivity index (χ3v) is 4.45. The first-order valence-corrected chi connectivity index (χ1v) is 8.23. The van der Waals surface area contributed by atoms with Crippen LogP contribution in [0.4, 0.5) is 0 Å². The predicted octanol–water partition coefficient (Wildman–Crippen LogP) is 6.05. The number of hydrogen-bond donors (Lipinski definition) is 2. The molecule has 3 nitrogen and oxygen atoms in total. The van der Waals surface area contributed by atoms with Crippen LogP contribution in [-0.2, 0) is 0 Å². The number of hydrogen-bond acceptors (Lipinski definition) is 1. The molecule has 0 saturated carbocycles. The molecule has 0 amide bonds. The molecular formula is C19H13Cl2N3. The second-order valence-electron chi connectivity index (χ2n) is 5.36. The largest absolute Gasteiger partial charge is 0.359 e. The molecule has 4 aromatic rings. The van der Waals surface area contributed by atoms with E-state index in [2.05, 4.69) is 9.97 Å². The normalized spacial score (nSPS) is 10.9. The van der Waals surface area contributed by atoms with E-state index in [0.717, 1.165) is 34.0 Å². The predicted molar refractivity (Wildman–Crippen MR) is 99.3 cm³/mol. The molecular weight excluding hydrogens is 341 g/mol. The molecule has 0 aliphatic heterocycles. The van der Waals surface area contributed by atoms with E-state index in [1.165, 1.54) is 0 Å². The van der Waals surface area contributed by atoms with Crippen molar-refractivity contribution < 1.29 is 0 Å². The molecule has 0 spiro atoms. The van der Waals surface area contributed by atoms with Crippen molar-refractivity contribution in [3.05, 3.63) is 76.9 Å². The maximum absolute atomic E-state index is 6.42. The first-order valence-electron chi connectivity index (χ1n) is 7.47. The van der Waals surface area contributed by atoms with Gasteiger partial charge in [-0.3, -0.25) is 0 Å². The molecule has 0 atom stereocenters. The van der Waals surface area contributed by atoms with Gasteiger partial charge in [0.1, 0.15) is 0 Å². The summed E-state index contributed by atoms with van der Waals surface area (Å²) >= 11 is 12.8. The van der Waals surface area contributed by atoms with Gasteiger partial charge in [0.2, 0.25) is 0 Å². The van der Waals surface area contributed by atoms with Gasteiger partial charge >= 0.3 is 0 Å². The van der Waals surface area contributed by atoms with E-state index < -0.39 is 0 Å². The molecule has 0 aliphatic carbocycles. The number of nitrogens with zero attached hydrogens (tertiary/aromatic N) is 1. The maximum atomic E-state index is 6.42. The molecule has 0 aliphatic rings. The van der Waals surface area contributed by atoms with Crippen LogP contribution in [0, 0.1) is 0 Å². The van der Waals surface area contributed by atoms with E-state index in [4.69, 9.17) is 28.2 Å². The number of nitrogens with one attached hydrogen (secondary N) is 2. The molecule has 2 aromatic heterocycles. The third-order valence-electron chi connectivity index (χ3n) is 3.82. The van der Waals surface area contributed by atoms with E-state index in [1.807, 2.05) is 66.9 Å². The van der Waals surface area contributed by atoms with Crippen molar-refractivity contribution in [1.82, 2.24) is 15.0 Å². The van der Waals surface area contributed by atoms with Crippen LogP contribution in [0.1, 0.15) is 0 Å². The molecule has 24 heavy (non-hydrogen) atoms. The Morgan fingerprint density at radius 1 is 0.792 bits per heavy atom. The van der Waals surface area contributed by atoms with Crippen LogP contribution in [0.25, 0.3) is 34.0 Å². The lowest BCUT2D eigenvalue weighted by Gasteiger charge is -2.07. The first-order chi connectivity index (χ1) is 11.7. The van der Waals surface area contributed by atoms with Crippen LogP contribution in [0.5, 0.6) is 0 Å². The zero-order valence-electron chi connectivity index (χ0n) is 12.6. The van der Waals surface area contributed by atoms with Crippen LogP contribution in [0.2, 0.25) is 10.0 Å². The van der Waals surface area contributed by atoms with Gasteiger partial charge in [-0.25, -0.2) is 4.98 Å². The van der Waals surface area contributed by atoms with Crippen LogP contribution in [0.3, 0.4) is 0 Å². The zero-order chi connectivity index (χ0) is 16.5. The Labute approximate surface area is 149 Å². The van der Waals surface area contributed by atoms with Gasteiger partial charge < -0.3 is 9.97 Å². The lowest BCUT2D eigenvalue weighted by Crippen LogP contribution is -1.86. The summed E-state index contributed by atoms with van der Waals surface area (Å²) in [5, 5.41) is 1.17. The summed E-state index contributed by atoms with van der Waals surface area (Å²) in [5.74, 6) is 0.741. The summed E-state index contributed by atoms with van der Waals surface area (Å²) in [6.07, 6.45) is 1.86. The van der Waals surface area contributed by atoms with E-state index >= 15 is 0 Å². The highest BCUT2D eigenvalue weighted by Crippen LogP contribution is 2.39.